The van der Waals surface area contributed by atoms with Gasteiger partial charge >= 0.3 is 6.09 Å². The lowest BCUT2D eigenvalue weighted by molar-refractivity contribution is 0.176. The largest absolute Gasteiger partial charge is 0.413 e. The van der Waals surface area contributed by atoms with Crippen LogP contribution in [0, 0.1) is 11.6 Å². The number of aliphatic hydroxyl groups is 1. The molecule has 2 aliphatic rings. The first-order valence-electron chi connectivity index (χ1n) is 10.7. The Hall–Kier alpha value is -3.27. The lowest BCUT2D eigenvalue weighted by Crippen LogP contribution is -2.35. The Kier molecular flexibility index (Phi) is 5.38. The van der Waals surface area contributed by atoms with Crippen LogP contribution in [-0.2, 0) is 0 Å². The van der Waals surface area contributed by atoms with Gasteiger partial charge in [-0.05, 0) is 56.4 Å². The molecule has 2 N–H and O–H groups in total. The van der Waals surface area contributed by atoms with E-state index in [1.807, 2.05) is 4.90 Å². The minimum Gasteiger partial charge on any atom is -0.405 e. The number of aliphatic hydroxyl groups excluding tert-OH is 1. The molecule has 1 aliphatic carbocycles. The second-order valence-electron chi connectivity index (χ2n) is 8.28. The number of hydrogen-bond acceptors (Lipinski definition) is 6. The van der Waals surface area contributed by atoms with Gasteiger partial charge in [-0.1, -0.05) is 0 Å². The van der Waals surface area contributed by atoms with Gasteiger partial charge in [0.25, 0.3) is 0 Å². The monoisotopic (exact) mass is 443 g/mol. The number of carbonyl (C=O) groups excluding carboxylic acids is 1. The molecule has 3 heterocycles. The molecule has 3 aromatic rings. The summed E-state index contributed by atoms with van der Waals surface area (Å²) < 4.78 is 35.1. The molecule has 1 aromatic carbocycles. The molecule has 1 saturated heterocycles. The van der Waals surface area contributed by atoms with Crippen molar-refractivity contribution >= 4 is 17.6 Å². The summed E-state index contributed by atoms with van der Waals surface area (Å²) in [4.78, 5) is 18.8. The summed E-state index contributed by atoms with van der Waals surface area (Å²) in [6.07, 6.45) is 5.38. The van der Waals surface area contributed by atoms with Crippen molar-refractivity contribution in [2.75, 3.05) is 11.4 Å². The van der Waals surface area contributed by atoms with E-state index in [-0.39, 0.29) is 17.8 Å². The van der Waals surface area contributed by atoms with E-state index < -0.39 is 23.8 Å². The maximum absolute atomic E-state index is 14.4. The van der Waals surface area contributed by atoms with Crippen LogP contribution in [-0.4, -0.2) is 44.5 Å². The zero-order chi connectivity index (χ0) is 22.2. The number of carbonyl (C=O) groups is 1. The third-order valence-electron chi connectivity index (χ3n) is 6.12. The zero-order valence-electron chi connectivity index (χ0n) is 17.2. The molecule has 8 nitrogen and oxygen atoms in total. The molecular weight excluding hydrogens is 420 g/mol. The van der Waals surface area contributed by atoms with Gasteiger partial charge in [-0.2, -0.15) is 5.10 Å². The van der Waals surface area contributed by atoms with Gasteiger partial charge in [0.1, 0.15) is 17.5 Å². The van der Waals surface area contributed by atoms with Crippen molar-refractivity contribution in [3.05, 3.63) is 53.9 Å². The van der Waals surface area contributed by atoms with Crippen LogP contribution >= 0.6 is 0 Å². The van der Waals surface area contributed by atoms with E-state index in [4.69, 9.17) is 4.74 Å². The third-order valence-corrected chi connectivity index (χ3v) is 6.12. The predicted molar refractivity (Wildman–Crippen MR) is 111 cm³/mol. The number of hydrogen-bond donors (Lipinski definition) is 2. The number of halogens is 2. The van der Waals surface area contributed by atoms with E-state index in [1.54, 1.807) is 12.3 Å². The molecule has 1 aliphatic heterocycles. The maximum Gasteiger partial charge on any atom is 0.413 e. The summed E-state index contributed by atoms with van der Waals surface area (Å²) in [6, 6.07) is 4.76. The Morgan fingerprint density at radius 1 is 1.22 bits per heavy atom. The molecule has 2 fully saturated rings. The minimum absolute atomic E-state index is 0.130. The van der Waals surface area contributed by atoms with Crippen molar-refractivity contribution < 1.29 is 23.4 Å². The van der Waals surface area contributed by atoms with E-state index in [2.05, 4.69) is 15.4 Å². The van der Waals surface area contributed by atoms with Crippen molar-refractivity contribution in [1.29, 1.82) is 0 Å². The van der Waals surface area contributed by atoms with Gasteiger partial charge in [0.05, 0.1) is 18.3 Å². The van der Waals surface area contributed by atoms with Crippen LogP contribution in [0.2, 0.25) is 0 Å². The SMILES string of the molecule is O=C(N[C@H]1CC[C@H](O)C1)Oc1cnn2ccc(N3CCC[C@@H]3c3cc(F)ccc3F)nc12. The number of fused-ring (bicyclic) bond motifs is 1. The van der Waals surface area contributed by atoms with Crippen LogP contribution in [0.3, 0.4) is 0 Å². The molecule has 5 rings (SSSR count). The number of amides is 1. The highest BCUT2D eigenvalue weighted by atomic mass is 19.1. The molecule has 168 valence electrons. The average molecular weight is 443 g/mol. The van der Waals surface area contributed by atoms with Gasteiger partial charge in [-0.25, -0.2) is 23.1 Å². The highest BCUT2D eigenvalue weighted by Gasteiger charge is 2.30. The van der Waals surface area contributed by atoms with Gasteiger partial charge in [-0.3, -0.25) is 0 Å². The molecule has 0 spiro atoms. The quantitative estimate of drug-likeness (QED) is 0.643. The lowest BCUT2D eigenvalue weighted by Gasteiger charge is -2.26. The van der Waals surface area contributed by atoms with E-state index in [1.165, 1.54) is 16.8 Å². The number of ether oxygens (including phenoxy) is 1. The van der Waals surface area contributed by atoms with Crippen LogP contribution in [0.15, 0.2) is 36.7 Å². The lowest BCUT2D eigenvalue weighted by atomic mass is 10.0. The summed E-state index contributed by atoms with van der Waals surface area (Å²) in [6.45, 7) is 0.638. The van der Waals surface area contributed by atoms with Crippen LogP contribution in [0.5, 0.6) is 5.75 Å². The first-order chi connectivity index (χ1) is 15.5. The Bertz CT molecular complexity index is 1150. The predicted octanol–water partition coefficient (Wildman–Crippen LogP) is 3.35. The number of aromatic nitrogens is 3. The summed E-state index contributed by atoms with van der Waals surface area (Å²) in [5.74, 6) is -0.181. The standard InChI is InChI=1S/C22H23F2N5O3/c23-13-3-6-17(24)16(10-13)18-2-1-8-28(18)20-7-9-29-21(27-20)19(12-25-29)32-22(31)26-14-4-5-15(30)11-14/h3,6-7,9-10,12,14-15,18,30H,1-2,4-5,8,11H2,(H,26,31)/t14-,15-,18+/m0/s1. The Labute approximate surface area is 182 Å². The van der Waals surface area contributed by atoms with Crippen molar-refractivity contribution in [3.8, 4) is 5.75 Å². The molecule has 3 atom stereocenters. The first-order valence-corrected chi connectivity index (χ1v) is 10.7. The molecule has 10 heteroatoms. The molecule has 0 bridgehead atoms. The number of nitrogens with one attached hydrogen (secondary N) is 1. The molecule has 1 amide bonds. The highest BCUT2D eigenvalue weighted by Crippen LogP contribution is 2.37. The highest BCUT2D eigenvalue weighted by molar-refractivity contribution is 5.73. The molecule has 1 saturated carbocycles. The van der Waals surface area contributed by atoms with Crippen molar-refractivity contribution in [3.63, 3.8) is 0 Å². The van der Waals surface area contributed by atoms with Gasteiger partial charge in [0, 0.05) is 24.3 Å². The Balaban J connectivity index is 1.38. The number of anilines is 1. The second-order valence-corrected chi connectivity index (χ2v) is 8.28. The molecule has 0 unspecified atom stereocenters. The average Bonchev–Trinajstić information content (AvgIpc) is 3.50. The topological polar surface area (TPSA) is 92.0 Å². The van der Waals surface area contributed by atoms with Crippen molar-refractivity contribution in [2.24, 2.45) is 0 Å². The number of nitrogens with zero attached hydrogens (tertiary/aromatic N) is 4. The summed E-state index contributed by atoms with van der Waals surface area (Å²) in [7, 11) is 0. The fraction of sp³-hybridized carbons (Fsp3) is 0.409. The first kappa shape index (κ1) is 20.6. The number of rotatable bonds is 4. The van der Waals surface area contributed by atoms with Gasteiger partial charge in [0.2, 0.25) is 5.65 Å². The molecular formula is C22H23F2N5O3. The van der Waals surface area contributed by atoms with Crippen LogP contribution in [0.4, 0.5) is 19.4 Å². The Morgan fingerprint density at radius 3 is 2.91 bits per heavy atom. The normalized spacial score (nSPS) is 23.1. The molecule has 32 heavy (non-hydrogen) atoms. The van der Waals surface area contributed by atoms with Crippen LogP contribution < -0.4 is 15.0 Å². The van der Waals surface area contributed by atoms with E-state index >= 15 is 0 Å². The molecule has 0 radical (unpaired) electrons. The minimum atomic E-state index is -0.632. The van der Waals surface area contributed by atoms with Crippen LogP contribution in [0.1, 0.15) is 43.7 Å². The van der Waals surface area contributed by atoms with Crippen LogP contribution in [0.25, 0.3) is 5.65 Å². The smallest absolute Gasteiger partial charge is 0.405 e. The Morgan fingerprint density at radius 2 is 2.09 bits per heavy atom. The van der Waals surface area contributed by atoms with Gasteiger partial charge in [-0.15, -0.1) is 0 Å². The van der Waals surface area contributed by atoms with E-state index in [0.29, 0.717) is 49.3 Å². The second kappa shape index (κ2) is 8.34. The van der Waals surface area contributed by atoms with Gasteiger partial charge in [0.15, 0.2) is 5.75 Å². The summed E-state index contributed by atoms with van der Waals surface area (Å²) in [5.41, 5.74) is 0.641. The van der Waals surface area contributed by atoms with E-state index in [9.17, 15) is 18.7 Å². The van der Waals surface area contributed by atoms with Gasteiger partial charge < -0.3 is 20.1 Å². The summed E-state index contributed by atoms with van der Waals surface area (Å²) in [5, 5.41) is 16.5. The third kappa shape index (κ3) is 3.97. The van der Waals surface area contributed by atoms with Crippen molar-refractivity contribution in [2.45, 2.75) is 50.3 Å². The van der Waals surface area contributed by atoms with Crippen molar-refractivity contribution in [1.82, 2.24) is 19.9 Å². The zero-order valence-corrected chi connectivity index (χ0v) is 17.2. The summed E-state index contributed by atoms with van der Waals surface area (Å²) >= 11 is 0. The molecule has 2 aromatic heterocycles. The fourth-order valence-corrected chi connectivity index (χ4v) is 4.59. The maximum atomic E-state index is 14.4. The van der Waals surface area contributed by atoms with E-state index in [0.717, 1.165) is 18.6 Å². The fourth-order valence-electron chi connectivity index (χ4n) is 4.59. The number of benzene rings is 1.